The van der Waals surface area contributed by atoms with E-state index in [1.807, 2.05) is 0 Å². The van der Waals surface area contributed by atoms with Crippen molar-refractivity contribution < 1.29 is 4.79 Å². The van der Waals surface area contributed by atoms with Gasteiger partial charge in [0.2, 0.25) is 5.91 Å². The third kappa shape index (κ3) is 2.13. The number of hydrogen-bond acceptors (Lipinski definition) is 4. The molecule has 5 rings (SSSR count). The Balaban J connectivity index is 1.48. The van der Waals surface area contributed by atoms with E-state index >= 15 is 0 Å². The summed E-state index contributed by atoms with van der Waals surface area (Å²) in [5.74, 6) is 0.125. The number of aliphatic imine (C=N–C) groups is 1. The molecule has 0 radical (unpaired) electrons. The lowest BCUT2D eigenvalue weighted by molar-refractivity contribution is -0.116. The molecule has 1 amide bonds. The number of rotatable bonds is 1. The number of hydrogen-bond donors (Lipinski definition) is 1. The van der Waals surface area contributed by atoms with Crippen LogP contribution in [0.5, 0.6) is 0 Å². The number of benzene rings is 1. The van der Waals surface area contributed by atoms with Crippen LogP contribution < -0.4 is 5.32 Å². The molecule has 2 atom stereocenters. The number of carbonyl (C=O) groups excluding carboxylic acids is 1. The first-order valence-corrected chi connectivity index (χ1v) is 9.34. The SMILES string of the molecule is O=C1CCc2cc(C3=CSC4=N[C@H]5CCCC[C@H]5N34)ccc2N1. The highest BCUT2D eigenvalue weighted by Gasteiger charge is 2.42. The van der Waals surface area contributed by atoms with Crippen molar-refractivity contribution in [3.05, 3.63) is 34.7 Å². The summed E-state index contributed by atoms with van der Waals surface area (Å²) in [4.78, 5) is 18.9. The summed E-state index contributed by atoms with van der Waals surface area (Å²) in [6, 6.07) is 7.48. The average molecular weight is 325 g/mol. The maximum atomic E-state index is 11.5. The van der Waals surface area contributed by atoms with E-state index < -0.39 is 0 Å². The molecule has 5 heteroatoms. The molecule has 1 aromatic carbocycles. The van der Waals surface area contributed by atoms with E-state index in [0.717, 1.165) is 12.1 Å². The Bertz CT molecular complexity index is 755. The highest BCUT2D eigenvalue weighted by molar-refractivity contribution is 8.16. The number of amidine groups is 1. The van der Waals surface area contributed by atoms with Gasteiger partial charge in [-0.2, -0.15) is 0 Å². The minimum Gasteiger partial charge on any atom is -0.326 e. The number of amides is 1. The fraction of sp³-hybridized carbons (Fsp3) is 0.444. The third-order valence-corrected chi connectivity index (χ3v) is 6.19. The van der Waals surface area contributed by atoms with Crippen LogP contribution in [0, 0.1) is 0 Å². The smallest absolute Gasteiger partial charge is 0.224 e. The number of fused-ring (bicyclic) bond motifs is 4. The Morgan fingerprint density at radius 3 is 3.09 bits per heavy atom. The molecule has 1 saturated carbocycles. The Kier molecular flexibility index (Phi) is 3.05. The van der Waals surface area contributed by atoms with E-state index in [2.05, 4.69) is 33.8 Å². The molecule has 1 aliphatic carbocycles. The van der Waals surface area contributed by atoms with E-state index in [9.17, 15) is 4.79 Å². The van der Waals surface area contributed by atoms with Crippen LogP contribution in [0.2, 0.25) is 0 Å². The fourth-order valence-electron chi connectivity index (χ4n) is 4.17. The van der Waals surface area contributed by atoms with Gasteiger partial charge in [0.15, 0.2) is 5.17 Å². The van der Waals surface area contributed by atoms with Gasteiger partial charge < -0.3 is 10.2 Å². The molecule has 0 saturated heterocycles. The summed E-state index contributed by atoms with van der Waals surface area (Å²) in [5.41, 5.74) is 4.77. The number of anilines is 1. The van der Waals surface area contributed by atoms with E-state index in [4.69, 9.17) is 4.99 Å². The van der Waals surface area contributed by atoms with E-state index in [0.29, 0.717) is 18.5 Å². The second-order valence-electron chi connectivity index (χ2n) is 6.74. The molecule has 4 nitrogen and oxygen atoms in total. The lowest BCUT2D eigenvalue weighted by atomic mass is 9.90. The van der Waals surface area contributed by atoms with Gasteiger partial charge in [-0.1, -0.05) is 30.7 Å². The summed E-state index contributed by atoms with van der Waals surface area (Å²) in [6.45, 7) is 0. The summed E-state index contributed by atoms with van der Waals surface area (Å²) in [7, 11) is 0. The van der Waals surface area contributed by atoms with Crippen molar-refractivity contribution >= 4 is 34.2 Å². The van der Waals surface area contributed by atoms with Crippen LogP contribution >= 0.6 is 11.8 Å². The summed E-state index contributed by atoms with van der Waals surface area (Å²) in [6.07, 6.45) is 6.53. The molecular formula is C18H19N3OS. The molecule has 0 bridgehead atoms. The van der Waals surface area contributed by atoms with Crippen molar-refractivity contribution in [1.29, 1.82) is 0 Å². The normalized spacial score (nSPS) is 28.5. The molecule has 1 fully saturated rings. The van der Waals surface area contributed by atoms with Crippen molar-refractivity contribution in [3.8, 4) is 0 Å². The van der Waals surface area contributed by atoms with Gasteiger partial charge in [0.25, 0.3) is 0 Å². The Morgan fingerprint density at radius 2 is 2.13 bits per heavy atom. The molecule has 0 spiro atoms. The molecule has 1 aromatic rings. The van der Waals surface area contributed by atoms with Crippen LogP contribution in [-0.4, -0.2) is 28.1 Å². The quantitative estimate of drug-likeness (QED) is 0.858. The number of nitrogens with zero attached hydrogens (tertiary/aromatic N) is 2. The lowest BCUT2D eigenvalue weighted by Gasteiger charge is -2.32. The zero-order valence-electron chi connectivity index (χ0n) is 12.9. The van der Waals surface area contributed by atoms with Gasteiger partial charge in [-0.05, 0) is 42.5 Å². The van der Waals surface area contributed by atoms with Crippen molar-refractivity contribution in [2.24, 2.45) is 4.99 Å². The van der Waals surface area contributed by atoms with Crippen LogP contribution in [0.4, 0.5) is 5.69 Å². The van der Waals surface area contributed by atoms with Gasteiger partial charge in [0.1, 0.15) is 0 Å². The van der Waals surface area contributed by atoms with Crippen LogP contribution in [-0.2, 0) is 11.2 Å². The Morgan fingerprint density at radius 1 is 1.22 bits per heavy atom. The number of carbonyl (C=O) groups is 1. The highest BCUT2D eigenvalue weighted by Crippen LogP contribution is 2.44. The van der Waals surface area contributed by atoms with Crippen molar-refractivity contribution in [2.45, 2.75) is 50.6 Å². The first kappa shape index (κ1) is 13.7. The molecule has 4 aliphatic rings. The van der Waals surface area contributed by atoms with Crippen molar-refractivity contribution in [3.63, 3.8) is 0 Å². The highest BCUT2D eigenvalue weighted by atomic mass is 32.2. The summed E-state index contributed by atoms with van der Waals surface area (Å²) < 4.78 is 0. The maximum Gasteiger partial charge on any atom is 0.224 e. The summed E-state index contributed by atoms with van der Waals surface area (Å²) in [5, 5.41) is 6.39. The average Bonchev–Trinajstić information content (AvgIpc) is 3.13. The van der Waals surface area contributed by atoms with Gasteiger partial charge in [-0.15, -0.1) is 0 Å². The number of nitrogens with one attached hydrogen (secondary N) is 1. The van der Waals surface area contributed by atoms with E-state index in [1.54, 1.807) is 11.8 Å². The summed E-state index contributed by atoms with van der Waals surface area (Å²) >= 11 is 1.76. The number of aryl methyl sites for hydroxylation is 1. The predicted octanol–water partition coefficient (Wildman–Crippen LogP) is 3.60. The second kappa shape index (κ2) is 5.13. The Hall–Kier alpha value is -1.75. The zero-order valence-corrected chi connectivity index (χ0v) is 13.7. The van der Waals surface area contributed by atoms with Crippen LogP contribution in [0.15, 0.2) is 28.6 Å². The first-order chi connectivity index (χ1) is 11.3. The third-order valence-electron chi connectivity index (χ3n) is 5.34. The van der Waals surface area contributed by atoms with Crippen LogP contribution in [0.3, 0.4) is 0 Å². The molecule has 3 aliphatic heterocycles. The van der Waals surface area contributed by atoms with Gasteiger partial charge in [0, 0.05) is 17.5 Å². The minimum atomic E-state index is 0.125. The lowest BCUT2D eigenvalue weighted by Crippen LogP contribution is -2.38. The molecular weight excluding hydrogens is 306 g/mol. The topological polar surface area (TPSA) is 44.7 Å². The largest absolute Gasteiger partial charge is 0.326 e. The molecule has 3 heterocycles. The number of thioether (sulfide) groups is 1. The van der Waals surface area contributed by atoms with Crippen LogP contribution in [0.25, 0.3) is 5.70 Å². The maximum absolute atomic E-state index is 11.5. The van der Waals surface area contributed by atoms with Gasteiger partial charge in [-0.25, -0.2) is 0 Å². The van der Waals surface area contributed by atoms with Crippen LogP contribution in [0.1, 0.15) is 43.2 Å². The molecule has 118 valence electrons. The standard InChI is InChI=1S/C18H19N3OS/c22-17-8-6-11-9-12(5-7-13(11)19-17)16-10-23-18-20-14-3-1-2-4-15(14)21(16)18/h5,7,9-10,14-15H,1-4,6,8H2,(H,19,22)/t14-,15+/m0/s1. The molecule has 23 heavy (non-hydrogen) atoms. The van der Waals surface area contributed by atoms with Gasteiger partial charge in [-0.3, -0.25) is 9.79 Å². The second-order valence-corrected chi connectivity index (χ2v) is 7.58. The van der Waals surface area contributed by atoms with Gasteiger partial charge >= 0.3 is 0 Å². The fourth-order valence-corrected chi connectivity index (χ4v) is 5.18. The molecule has 1 N–H and O–H groups in total. The Labute approximate surface area is 140 Å². The van der Waals surface area contributed by atoms with E-state index in [1.165, 1.54) is 47.7 Å². The molecule has 0 unspecified atom stereocenters. The van der Waals surface area contributed by atoms with E-state index in [-0.39, 0.29) is 5.91 Å². The van der Waals surface area contributed by atoms with Gasteiger partial charge in [0.05, 0.1) is 17.8 Å². The predicted molar refractivity (Wildman–Crippen MR) is 94.3 cm³/mol. The van der Waals surface area contributed by atoms with Crippen molar-refractivity contribution in [1.82, 2.24) is 4.90 Å². The molecule has 0 aromatic heterocycles. The van der Waals surface area contributed by atoms with Crippen molar-refractivity contribution in [2.75, 3.05) is 5.32 Å². The zero-order chi connectivity index (χ0) is 15.4. The monoisotopic (exact) mass is 325 g/mol. The first-order valence-electron chi connectivity index (χ1n) is 8.46. The minimum absolute atomic E-state index is 0.125.